The molecule has 3 rings (SSSR count). The van der Waals surface area contributed by atoms with E-state index in [1.54, 1.807) is 0 Å². The lowest BCUT2D eigenvalue weighted by Gasteiger charge is -2.29. The van der Waals surface area contributed by atoms with Gasteiger partial charge in [0.15, 0.2) is 46.5 Å². The van der Waals surface area contributed by atoms with Gasteiger partial charge < -0.3 is 4.74 Å². The van der Waals surface area contributed by atoms with E-state index in [4.69, 9.17) is 0 Å². The molecule has 2 aromatic carbocycles. The molecule has 0 bridgehead atoms. The summed E-state index contributed by atoms with van der Waals surface area (Å²) in [5.41, 5.74) is -4.12. The highest BCUT2D eigenvalue weighted by Gasteiger charge is 2.52. The third-order valence-electron chi connectivity index (χ3n) is 4.13. The molecule has 0 unspecified atom stereocenters. The van der Waals surface area contributed by atoms with Crippen molar-refractivity contribution in [3.05, 3.63) is 58.2 Å². The molecule has 2 aromatic rings. The van der Waals surface area contributed by atoms with Gasteiger partial charge in [0.25, 0.3) is 0 Å². The molecule has 31 heavy (non-hydrogen) atoms. The largest absolute Gasteiger partial charge is 0.343 e. The van der Waals surface area contributed by atoms with Crippen LogP contribution in [0.5, 0.6) is 0 Å². The average molecular weight is 462 g/mol. The highest BCUT2D eigenvalue weighted by Crippen LogP contribution is 2.39. The zero-order chi connectivity index (χ0) is 23.5. The van der Waals surface area contributed by atoms with Crippen LogP contribution in [0.25, 0.3) is 0 Å². The van der Waals surface area contributed by atoms with Crippen LogP contribution in [0.4, 0.5) is 55.3 Å². The molecule has 1 aliphatic rings. The molecule has 0 N–H and O–H groups in total. The second-order valence-electron chi connectivity index (χ2n) is 5.75. The van der Waals surface area contributed by atoms with Crippen LogP contribution in [0.1, 0.15) is 0 Å². The first-order valence-corrected chi connectivity index (χ1v) is 7.60. The van der Waals surface area contributed by atoms with Crippen molar-refractivity contribution in [2.45, 2.75) is 6.35 Å². The highest BCUT2D eigenvalue weighted by atomic mass is 19.2. The highest BCUT2D eigenvalue weighted by molar-refractivity contribution is 6.48. The molecule has 0 radical (unpaired) electrons. The fourth-order valence-corrected chi connectivity index (χ4v) is 2.77. The molecule has 0 saturated carbocycles. The van der Waals surface area contributed by atoms with Crippen LogP contribution in [0.2, 0.25) is 0 Å². The minimum atomic E-state index is -2.71. The quantitative estimate of drug-likeness (QED) is 0.304. The van der Waals surface area contributed by atoms with E-state index in [0.717, 1.165) is 0 Å². The Kier molecular flexibility index (Phi) is 5.33. The van der Waals surface area contributed by atoms with Gasteiger partial charge >= 0.3 is 11.8 Å². The SMILES string of the molecule is COC1N(c2c(F)c(F)c(F)c(F)c2F)C(=O)C(=O)N1c1c(F)c(F)c(F)c(F)c1F. The number of rotatable bonds is 3. The first-order valence-electron chi connectivity index (χ1n) is 7.60. The van der Waals surface area contributed by atoms with Crippen molar-refractivity contribution >= 4 is 23.2 Å². The minimum absolute atomic E-state index is 0.531. The van der Waals surface area contributed by atoms with E-state index in [0.29, 0.717) is 7.11 Å². The number of carbonyl (C=O) groups is 2. The second-order valence-corrected chi connectivity index (χ2v) is 5.75. The Morgan fingerprint density at radius 2 is 0.742 bits per heavy atom. The summed E-state index contributed by atoms with van der Waals surface area (Å²) in [5.74, 6) is -30.4. The molecule has 1 fully saturated rings. The summed E-state index contributed by atoms with van der Waals surface area (Å²) in [4.78, 5) is 23.4. The number of nitrogens with zero attached hydrogens (tertiary/aromatic N) is 2. The Morgan fingerprint density at radius 1 is 0.516 bits per heavy atom. The summed E-state index contributed by atoms with van der Waals surface area (Å²) in [6, 6.07) is 0. The van der Waals surface area contributed by atoms with E-state index in [-0.39, 0.29) is 0 Å². The molecule has 0 spiro atoms. The van der Waals surface area contributed by atoms with E-state index < -0.39 is 97.5 Å². The fourth-order valence-electron chi connectivity index (χ4n) is 2.77. The first kappa shape index (κ1) is 22.3. The molecule has 0 aliphatic carbocycles. The van der Waals surface area contributed by atoms with Gasteiger partial charge in [-0.15, -0.1) is 0 Å². The van der Waals surface area contributed by atoms with Gasteiger partial charge in [-0.2, -0.15) is 0 Å². The summed E-state index contributed by atoms with van der Waals surface area (Å²) >= 11 is 0. The minimum Gasteiger partial charge on any atom is -0.343 e. The van der Waals surface area contributed by atoms with Crippen LogP contribution in [-0.2, 0) is 14.3 Å². The lowest BCUT2D eigenvalue weighted by Crippen LogP contribution is -2.44. The molecule has 1 heterocycles. The number of hydrogen-bond acceptors (Lipinski definition) is 3. The molecule has 166 valence electrons. The number of benzene rings is 2. The summed E-state index contributed by atoms with van der Waals surface area (Å²) in [7, 11) is 0.536. The normalized spacial score (nSPS) is 14.9. The first-order chi connectivity index (χ1) is 14.4. The molecule has 0 aromatic heterocycles. The van der Waals surface area contributed by atoms with Gasteiger partial charge in [0.2, 0.25) is 18.0 Å². The van der Waals surface area contributed by atoms with Crippen molar-refractivity contribution in [3.8, 4) is 0 Å². The van der Waals surface area contributed by atoms with E-state index in [1.165, 1.54) is 0 Å². The molecule has 2 amide bonds. The zero-order valence-electron chi connectivity index (χ0n) is 14.5. The molecule has 0 atom stereocenters. The summed E-state index contributed by atoms with van der Waals surface area (Å²) in [6.45, 7) is 0. The van der Waals surface area contributed by atoms with Gasteiger partial charge in [0.1, 0.15) is 11.4 Å². The van der Waals surface area contributed by atoms with Crippen molar-refractivity contribution in [2.75, 3.05) is 16.9 Å². The summed E-state index contributed by atoms with van der Waals surface area (Å²) < 4.78 is 142. The molecule has 5 nitrogen and oxygen atoms in total. The van der Waals surface area contributed by atoms with E-state index in [9.17, 15) is 53.5 Å². The van der Waals surface area contributed by atoms with Crippen LogP contribution >= 0.6 is 0 Å². The van der Waals surface area contributed by atoms with Gasteiger partial charge in [-0.25, -0.2) is 43.9 Å². The van der Waals surface area contributed by atoms with Gasteiger partial charge in [-0.05, 0) is 0 Å². The number of anilines is 2. The molecular weight excluding hydrogens is 458 g/mol. The molecule has 1 saturated heterocycles. The van der Waals surface area contributed by atoms with E-state index in [1.807, 2.05) is 0 Å². The maximum atomic E-state index is 14.1. The number of amides is 2. The van der Waals surface area contributed by atoms with Crippen LogP contribution in [0.3, 0.4) is 0 Å². The maximum absolute atomic E-state index is 14.1. The monoisotopic (exact) mass is 462 g/mol. The summed E-state index contributed by atoms with van der Waals surface area (Å²) in [5, 5.41) is 0. The maximum Gasteiger partial charge on any atom is 0.320 e. The third kappa shape index (κ3) is 2.90. The number of hydrogen-bond donors (Lipinski definition) is 0. The fraction of sp³-hybridized carbons (Fsp3) is 0.125. The van der Waals surface area contributed by atoms with Crippen LogP contribution in [0, 0.1) is 58.2 Å². The Hall–Kier alpha value is -3.36. The van der Waals surface area contributed by atoms with Gasteiger partial charge in [-0.3, -0.25) is 19.4 Å². The van der Waals surface area contributed by atoms with E-state index >= 15 is 0 Å². The van der Waals surface area contributed by atoms with Crippen molar-refractivity contribution in [1.82, 2.24) is 0 Å². The third-order valence-corrected chi connectivity index (χ3v) is 4.13. The Balaban J connectivity index is 2.31. The lowest BCUT2D eigenvalue weighted by atomic mass is 10.2. The molecule has 15 heteroatoms. The second kappa shape index (κ2) is 7.40. The zero-order valence-corrected chi connectivity index (χ0v) is 14.5. The van der Waals surface area contributed by atoms with Crippen molar-refractivity contribution < 1.29 is 58.2 Å². The predicted molar refractivity (Wildman–Crippen MR) is 78.2 cm³/mol. The molecular formula is C16H4F10N2O3. The number of methoxy groups -OCH3 is 1. The van der Waals surface area contributed by atoms with E-state index in [2.05, 4.69) is 4.74 Å². The molecule has 1 aliphatic heterocycles. The topological polar surface area (TPSA) is 49.9 Å². The standard InChI is InChI=1S/C16H4F10N2O3/c1-31-16-27(12-8(23)4(19)2(17)5(20)9(12)24)14(29)15(30)28(16)13-10(25)6(21)3(18)7(22)11(13)26/h16H,1H3. The van der Waals surface area contributed by atoms with Crippen molar-refractivity contribution in [2.24, 2.45) is 0 Å². The van der Waals surface area contributed by atoms with Crippen molar-refractivity contribution in [3.63, 3.8) is 0 Å². The van der Waals surface area contributed by atoms with Crippen LogP contribution in [-0.4, -0.2) is 25.3 Å². The number of ether oxygens (including phenoxy) is 1. The van der Waals surface area contributed by atoms with Gasteiger partial charge in [-0.1, -0.05) is 0 Å². The van der Waals surface area contributed by atoms with Gasteiger partial charge in [0, 0.05) is 7.11 Å². The summed E-state index contributed by atoms with van der Waals surface area (Å²) in [6.07, 6.45) is -2.71. The smallest absolute Gasteiger partial charge is 0.320 e. The Labute approximate surface area is 164 Å². The predicted octanol–water partition coefficient (Wildman–Crippen LogP) is 3.39. The Morgan fingerprint density at radius 3 is 0.968 bits per heavy atom. The van der Waals surface area contributed by atoms with Crippen LogP contribution in [0.15, 0.2) is 0 Å². The number of halogens is 10. The average Bonchev–Trinajstić information content (AvgIpc) is 2.99. The van der Waals surface area contributed by atoms with Gasteiger partial charge in [0.05, 0.1) is 0 Å². The van der Waals surface area contributed by atoms with Crippen molar-refractivity contribution in [1.29, 1.82) is 0 Å². The van der Waals surface area contributed by atoms with Crippen LogP contribution < -0.4 is 9.80 Å². The lowest BCUT2D eigenvalue weighted by molar-refractivity contribution is -0.133. The number of carbonyl (C=O) groups excluding carboxylic acids is 2. The Bertz CT molecular complexity index is 1010.